The van der Waals surface area contributed by atoms with Crippen molar-refractivity contribution in [3.8, 4) is 0 Å². The molecule has 1 unspecified atom stereocenters. The number of halogens is 2. The molecule has 0 aliphatic carbocycles. The third-order valence-corrected chi connectivity index (χ3v) is 3.75. The molecule has 2 aliphatic heterocycles. The molecule has 2 heterocycles. The summed E-state index contributed by atoms with van der Waals surface area (Å²) in [6.45, 7) is 5.99. The van der Waals surface area contributed by atoms with Crippen LogP contribution >= 0.6 is 24.8 Å². The van der Waals surface area contributed by atoms with Crippen molar-refractivity contribution in [1.82, 2.24) is 9.80 Å². The number of nitrogens with two attached hydrogens (primary N) is 1. The van der Waals surface area contributed by atoms with Crippen molar-refractivity contribution in [2.45, 2.75) is 44.7 Å². The molecule has 2 atom stereocenters. The molecule has 0 saturated carbocycles. The summed E-state index contributed by atoms with van der Waals surface area (Å²) in [6.07, 6.45) is 5.00. The van der Waals surface area contributed by atoms with Crippen molar-refractivity contribution in [3.05, 3.63) is 0 Å². The van der Waals surface area contributed by atoms with Crippen LogP contribution in [0.3, 0.4) is 0 Å². The van der Waals surface area contributed by atoms with Gasteiger partial charge in [-0.05, 0) is 45.7 Å². The van der Waals surface area contributed by atoms with Crippen LogP contribution in [0.1, 0.15) is 32.6 Å². The number of hydrogen-bond acceptors (Lipinski definition) is 3. The standard InChI is InChI=1S/C12H23N3O.2ClH/c1-10(13)12(16)15-8-4-5-11(9-15)14-6-2-3-7-14;;/h10-11H,2-9,13H2,1H3;2*1H/t10-,11?;;/m1../s1. The Balaban J connectivity index is 0.00000144. The van der Waals surface area contributed by atoms with E-state index >= 15 is 0 Å². The number of nitrogens with zero attached hydrogens (tertiary/aromatic N) is 2. The van der Waals surface area contributed by atoms with Gasteiger partial charge in [0.25, 0.3) is 0 Å². The van der Waals surface area contributed by atoms with Crippen molar-refractivity contribution in [2.75, 3.05) is 26.2 Å². The van der Waals surface area contributed by atoms with Crippen molar-refractivity contribution >= 4 is 30.7 Å². The second kappa shape index (κ2) is 8.20. The lowest BCUT2D eigenvalue weighted by atomic mass is 10.0. The van der Waals surface area contributed by atoms with E-state index in [0.29, 0.717) is 6.04 Å². The Bertz CT molecular complexity index is 258. The number of hydrogen-bond donors (Lipinski definition) is 1. The molecule has 2 aliphatic rings. The topological polar surface area (TPSA) is 49.6 Å². The van der Waals surface area contributed by atoms with Crippen LogP contribution in [0, 0.1) is 0 Å². The molecule has 108 valence electrons. The molecule has 18 heavy (non-hydrogen) atoms. The first-order chi connectivity index (χ1) is 7.68. The van der Waals surface area contributed by atoms with E-state index in [2.05, 4.69) is 4.90 Å². The van der Waals surface area contributed by atoms with Gasteiger partial charge in [0.2, 0.25) is 5.91 Å². The molecule has 2 N–H and O–H groups in total. The highest BCUT2D eigenvalue weighted by molar-refractivity contribution is 5.85. The summed E-state index contributed by atoms with van der Waals surface area (Å²) in [5.41, 5.74) is 5.66. The summed E-state index contributed by atoms with van der Waals surface area (Å²) in [5.74, 6) is 0.115. The zero-order valence-electron chi connectivity index (χ0n) is 11.0. The smallest absolute Gasteiger partial charge is 0.239 e. The van der Waals surface area contributed by atoms with Gasteiger partial charge in [-0.2, -0.15) is 0 Å². The average molecular weight is 298 g/mol. The van der Waals surface area contributed by atoms with E-state index in [4.69, 9.17) is 5.73 Å². The van der Waals surface area contributed by atoms with Crippen LogP contribution in [0.5, 0.6) is 0 Å². The fraction of sp³-hybridized carbons (Fsp3) is 0.917. The van der Waals surface area contributed by atoms with Crippen LogP contribution in [-0.2, 0) is 4.79 Å². The third-order valence-electron chi connectivity index (χ3n) is 3.75. The minimum absolute atomic E-state index is 0. The Labute approximate surface area is 122 Å². The Morgan fingerprint density at radius 1 is 1.17 bits per heavy atom. The number of carbonyl (C=O) groups excluding carboxylic acids is 1. The lowest BCUT2D eigenvalue weighted by molar-refractivity contribution is -0.134. The molecule has 2 fully saturated rings. The maximum Gasteiger partial charge on any atom is 0.239 e. The number of amides is 1. The lowest BCUT2D eigenvalue weighted by Gasteiger charge is -2.38. The lowest BCUT2D eigenvalue weighted by Crippen LogP contribution is -2.52. The van der Waals surface area contributed by atoms with Crippen LogP contribution < -0.4 is 5.73 Å². The maximum absolute atomic E-state index is 11.8. The normalized spacial score (nSPS) is 26.1. The van der Waals surface area contributed by atoms with Gasteiger partial charge in [-0.3, -0.25) is 9.69 Å². The zero-order valence-corrected chi connectivity index (χ0v) is 12.6. The highest BCUT2D eigenvalue weighted by atomic mass is 35.5. The molecular weight excluding hydrogens is 273 g/mol. The van der Waals surface area contributed by atoms with Gasteiger partial charge in [-0.15, -0.1) is 24.8 Å². The van der Waals surface area contributed by atoms with Gasteiger partial charge in [0.05, 0.1) is 6.04 Å². The van der Waals surface area contributed by atoms with Crippen molar-refractivity contribution in [1.29, 1.82) is 0 Å². The van der Waals surface area contributed by atoms with E-state index in [1.54, 1.807) is 6.92 Å². The summed E-state index contributed by atoms with van der Waals surface area (Å²) in [4.78, 5) is 16.3. The molecule has 0 bridgehead atoms. The molecule has 0 aromatic rings. The molecule has 4 nitrogen and oxygen atoms in total. The van der Waals surface area contributed by atoms with Crippen LogP contribution in [0.2, 0.25) is 0 Å². The van der Waals surface area contributed by atoms with Gasteiger partial charge in [-0.25, -0.2) is 0 Å². The first kappa shape index (κ1) is 18.0. The van der Waals surface area contributed by atoms with Crippen LogP contribution in [0.25, 0.3) is 0 Å². The Hall–Kier alpha value is -0.0300. The number of likely N-dealkylation sites (tertiary alicyclic amines) is 2. The average Bonchev–Trinajstić information content (AvgIpc) is 2.81. The van der Waals surface area contributed by atoms with Gasteiger partial charge >= 0.3 is 0 Å². The van der Waals surface area contributed by atoms with Gasteiger partial charge in [-0.1, -0.05) is 0 Å². The van der Waals surface area contributed by atoms with E-state index in [1.165, 1.54) is 32.4 Å². The minimum Gasteiger partial charge on any atom is -0.340 e. The van der Waals surface area contributed by atoms with E-state index in [0.717, 1.165) is 19.5 Å². The second-order valence-corrected chi connectivity index (χ2v) is 5.11. The number of rotatable bonds is 2. The summed E-state index contributed by atoms with van der Waals surface area (Å²) >= 11 is 0. The summed E-state index contributed by atoms with van der Waals surface area (Å²) < 4.78 is 0. The quantitative estimate of drug-likeness (QED) is 0.835. The highest BCUT2D eigenvalue weighted by Gasteiger charge is 2.29. The second-order valence-electron chi connectivity index (χ2n) is 5.11. The molecule has 0 aromatic carbocycles. The first-order valence-corrected chi connectivity index (χ1v) is 6.47. The van der Waals surface area contributed by atoms with E-state index in [9.17, 15) is 4.79 Å². The van der Waals surface area contributed by atoms with Crippen molar-refractivity contribution in [3.63, 3.8) is 0 Å². The predicted octanol–water partition coefficient (Wildman–Crippen LogP) is 1.26. The maximum atomic E-state index is 11.8. The van der Waals surface area contributed by atoms with Crippen molar-refractivity contribution < 1.29 is 4.79 Å². The molecule has 2 saturated heterocycles. The minimum atomic E-state index is -0.350. The van der Waals surface area contributed by atoms with Gasteiger partial charge in [0.1, 0.15) is 0 Å². The molecular formula is C12H25Cl2N3O. The van der Waals surface area contributed by atoms with Gasteiger partial charge < -0.3 is 10.6 Å². The SMILES string of the molecule is C[C@@H](N)C(=O)N1CCCC(N2CCCC2)C1.Cl.Cl. The molecule has 6 heteroatoms. The van der Waals surface area contributed by atoms with Crippen molar-refractivity contribution in [2.24, 2.45) is 5.73 Å². The Morgan fingerprint density at radius 3 is 2.33 bits per heavy atom. The van der Waals surface area contributed by atoms with Crippen LogP contribution in [0.15, 0.2) is 0 Å². The monoisotopic (exact) mass is 297 g/mol. The Morgan fingerprint density at radius 2 is 1.78 bits per heavy atom. The summed E-state index contributed by atoms with van der Waals surface area (Å²) in [5, 5.41) is 0. The molecule has 2 rings (SSSR count). The zero-order chi connectivity index (χ0) is 11.5. The van der Waals surface area contributed by atoms with E-state index < -0.39 is 0 Å². The molecule has 0 spiro atoms. The highest BCUT2D eigenvalue weighted by Crippen LogP contribution is 2.20. The molecule has 0 aromatic heterocycles. The fourth-order valence-corrected chi connectivity index (χ4v) is 2.85. The number of carbonyl (C=O) groups is 1. The summed E-state index contributed by atoms with van der Waals surface area (Å²) in [7, 11) is 0. The summed E-state index contributed by atoms with van der Waals surface area (Å²) in [6, 6.07) is 0.233. The molecule has 1 amide bonds. The van der Waals surface area contributed by atoms with Crippen LogP contribution in [-0.4, -0.2) is 54.0 Å². The van der Waals surface area contributed by atoms with Gasteiger partial charge in [0, 0.05) is 19.1 Å². The largest absolute Gasteiger partial charge is 0.340 e. The fourth-order valence-electron chi connectivity index (χ4n) is 2.85. The Kier molecular flexibility index (Phi) is 8.19. The molecule has 0 radical (unpaired) electrons. The predicted molar refractivity (Wildman–Crippen MR) is 78.6 cm³/mol. The first-order valence-electron chi connectivity index (χ1n) is 6.47. The number of piperidine rings is 1. The van der Waals surface area contributed by atoms with E-state index in [1.807, 2.05) is 4.90 Å². The third kappa shape index (κ3) is 4.26. The van der Waals surface area contributed by atoms with Crippen LogP contribution in [0.4, 0.5) is 0 Å². The van der Waals surface area contributed by atoms with Gasteiger partial charge in [0.15, 0.2) is 0 Å². The van der Waals surface area contributed by atoms with E-state index in [-0.39, 0.29) is 36.8 Å².